The zero-order valence-corrected chi connectivity index (χ0v) is 21.6. The summed E-state index contributed by atoms with van der Waals surface area (Å²) in [5.74, 6) is 2.93. The van der Waals surface area contributed by atoms with Crippen LogP contribution in [0.4, 0.5) is 0 Å². The summed E-state index contributed by atoms with van der Waals surface area (Å²) in [4.78, 5) is 0. The third-order valence-electron chi connectivity index (χ3n) is 6.78. The lowest BCUT2D eigenvalue weighted by molar-refractivity contribution is 0.174. The molecule has 0 saturated carbocycles. The van der Waals surface area contributed by atoms with Crippen molar-refractivity contribution < 1.29 is 23.4 Å². The molecule has 1 aliphatic rings. The minimum absolute atomic E-state index is 0.242. The summed E-state index contributed by atoms with van der Waals surface area (Å²) >= 11 is 0. The van der Waals surface area contributed by atoms with Gasteiger partial charge >= 0.3 is 0 Å². The predicted octanol–water partition coefficient (Wildman–Crippen LogP) is 7.19. The largest absolute Gasteiger partial charge is 0.493 e. The molecule has 0 bridgehead atoms. The lowest BCUT2D eigenvalue weighted by Gasteiger charge is -2.28. The Bertz CT molecular complexity index is 1090. The van der Waals surface area contributed by atoms with E-state index < -0.39 is 8.32 Å². The summed E-state index contributed by atoms with van der Waals surface area (Å²) < 4.78 is 29.7. The molecule has 34 heavy (non-hydrogen) atoms. The number of ether oxygens (including phenoxy) is 4. The molecule has 0 atom stereocenters. The Kier molecular flexibility index (Phi) is 7.80. The molecular weight excluding hydrogens is 444 g/mol. The summed E-state index contributed by atoms with van der Waals surface area (Å²) in [5, 5.41) is 0. The van der Waals surface area contributed by atoms with Gasteiger partial charge in [0.25, 0.3) is 0 Å². The van der Waals surface area contributed by atoms with Gasteiger partial charge in [-0.25, -0.2) is 0 Å². The highest BCUT2D eigenvalue weighted by Gasteiger charge is 2.29. The second kappa shape index (κ2) is 11.0. The summed E-state index contributed by atoms with van der Waals surface area (Å²) in [5.41, 5.74) is 4.29. The van der Waals surface area contributed by atoms with Gasteiger partial charge in [-0.15, -0.1) is 0 Å². The predicted molar refractivity (Wildman–Crippen MR) is 137 cm³/mol. The number of hydrogen-bond donors (Lipinski definition) is 0. The first-order valence-electron chi connectivity index (χ1n) is 12.0. The van der Waals surface area contributed by atoms with Gasteiger partial charge in [-0.05, 0) is 64.7 Å². The first-order chi connectivity index (χ1) is 16.6. The van der Waals surface area contributed by atoms with Crippen LogP contribution in [0.1, 0.15) is 31.9 Å². The first-order valence-corrected chi connectivity index (χ1v) is 14.6. The van der Waals surface area contributed by atoms with Crippen molar-refractivity contribution in [2.24, 2.45) is 0 Å². The highest BCUT2D eigenvalue weighted by Crippen LogP contribution is 2.42. The Morgan fingerprint density at radius 1 is 0.794 bits per heavy atom. The van der Waals surface area contributed by atoms with Crippen molar-refractivity contribution in [1.29, 1.82) is 0 Å². The van der Waals surface area contributed by atoms with Crippen molar-refractivity contribution in [3.05, 3.63) is 71.8 Å². The van der Waals surface area contributed by atoms with Crippen LogP contribution in [0.25, 0.3) is 11.1 Å². The van der Waals surface area contributed by atoms with Crippen molar-refractivity contribution in [2.75, 3.05) is 13.9 Å². The third-order valence-corrected chi connectivity index (χ3v) is 11.4. The lowest BCUT2D eigenvalue weighted by atomic mass is 9.98. The molecule has 0 aromatic heterocycles. The lowest BCUT2D eigenvalue weighted by Crippen LogP contribution is -2.35. The number of benzene rings is 3. The molecule has 3 aromatic rings. The van der Waals surface area contributed by atoms with E-state index in [1.165, 1.54) is 0 Å². The molecule has 1 aliphatic heterocycles. The highest BCUT2D eigenvalue weighted by atomic mass is 28.4. The van der Waals surface area contributed by atoms with Crippen LogP contribution in [0.5, 0.6) is 23.0 Å². The quantitative estimate of drug-likeness (QED) is 0.273. The van der Waals surface area contributed by atoms with Gasteiger partial charge in [0.05, 0.1) is 13.7 Å². The minimum atomic E-state index is -1.74. The molecule has 0 aliphatic carbocycles. The van der Waals surface area contributed by atoms with E-state index >= 15 is 0 Å². The van der Waals surface area contributed by atoms with E-state index in [1.54, 1.807) is 7.11 Å². The van der Waals surface area contributed by atoms with Crippen LogP contribution in [0.3, 0.4) is 0 Å². The van der Waals surface area contributed by atoms with E-state index in [1.807, 2.05) is 48.5 Å². The molecule has 5 nitrogen and oxygen atoms in total. The molecule has 6 heteroatoms. The Hall–Kier alpha value is -2.96. The smallest absolute Gasteiger partial charge is 0.231 e. The van der Waals surface area contributed by atoms with Crippen LogP contribution < -0.4 is 18.9 Å². The fourth-order valence-corrected chi connectivity index (χ4v) is 6.92. The molecule has 0 fully saturated rings. The Balaban J connectivity index is 1.63. The third kappa shape index (κ3) is 5.23. The van der Waals surface area contributed by atoms with Crippen molar-refractivity contribution in [2.45, 2.75) is 52.1 Å². The van der Waals surface area contributed by atoms with Gasteiger partial charge < -0.3 is 23.4 Å². The summed E-state index contributed by atoms with van der Waals surface area (Å²) in [6.45, 7) is 8.03. The van der Waals surface area contributed by atoms with Gasteiger partial charge in [0.2, 0.25) is 6.79 Å². The first kappa shape index (κ1) is 24.2. The van der Waals surface area contributed by atoms with Gasteiger partial charge in [-0.3, -0.25) is 0 Å². The molecule has 3 aromatic carbocycles. The fraction of sp³-hybridized carbons (Fsp3) is 0.357. The van der Waals surface area contributed by atoms with Crippen LogP contribution in [0.2, 0.25) is 18.1 Å². The van der Waals surface area contributed by atoms with E-state index in [-0.39, 0.29) is 6.79 Å². The average molecular weight is 479 g/mol. The normalized spacial score (nSPS) is 12.6. The number of rotatable bonds is 11. The second-order valence-electron chi connectivity index (χ2n) is 8.53. The van der Waals surface area contributed by atoms with Gasteiger partial charge in [-0.2, -0.15) is 0 Å². The summed E-state index contributed by atoms with van der Waals surface area (Å²) in [6, 6.07) is 23.6. The van der Waals surface area contributed by atoms with Crippen molar-refractivity contribution >= 4 is 8.32 Å². The van der Waals surface area contributed by atoms with Crippen molar-refractivity contribution in [1.82, 2.24) is 0 Å². The van der Waals surface area contributed by atoms with Gasteiger partial charge in [-0.1, -0.05) is 57.2 Å². The molecule has 4 rings (SSSR count). The van der Waals surface area contributed by atoms with E-state index in [0.717, 1.165) is 51.9 Å². The Morgan fingerprint density at radius 2 is 1.50 bits per heavy atom. The van der Waals surface area contributed by atoms with E-state index in [9.17, 15) is 0 Å². The van der Waals surface area contributed by atoms with Crippen molar-refractivity contribution in [3.63, 3.8) is 0 Å². The number of fused-ring (bicyclic) bond motifs is 1. The topological polar surface area (TPSA) is 46.2 Å². The molecule has 0 radical (unpaired) electrons. The van der Waals surface area contributed by atoms with E-state index in [4.69, 9.17) is 23.4 Å². The van der Waals surface area contributed by atoms with Crippen LogP contribution in [0, 0.1) is 0 Å². The number of methoxy groups -OCH3 is 1. The van der Waals surface area contributed by atoms with Gasteiger partial charge in [0.15, 0.2) is 31.3 Å². The maximum atomic E-state index is 6.64. The Labute approximate surface area is 203 Å². The highest BCUT2D eigenvalue weighted by molar-refractivity contribution is 6.73. The van der Waals surface area contributed by atoms with Crippen LogP contribution in [-0.4, -0.2) is 22.2 Å². The van der Waals surface area contributed by atoms with Crippen molar-refractivity contribution in [3.8, 4) is 34.1 Å². The van der Waals surface area contributed by atoms with E-state index in [2.05, 4.69) is 32.9 Å². The minimum Gasteiger partial charge on any atom is -0.493 e. The zero-order valence-electron chi connectivity index (χ0n) is 20.6. The van der Waals surface area contributed by atoms with Gasteiger partial charge in [0, 0.05) is 0 Å². The molecule has 0 spiro atoms. The SMILES string of the molecule is CC[Si](CC)(CC)OCc1cc2c(cc1-c1ccc(OCc3ccccc3)c(OC)c1)OCO2. The van der Waals surface area contributed by atoms with Crippen LogP contribution in [0.15, 0.2) is 60.7 Å². The van der Waals surface area contributed by atoms with Crippen LogP contribution in [-0.2, 0) is 17.6 Å². The average Bonchev–Trinajstić information content (AvgIpc) is 3.36. The molecular formula is C28H34O5Si. The van der Waals surface area contributed by atoms with Crippen LogP contribution >= 0.6 is 0 Å². The maximum Gasteiger partial charge on any atom is 0.231 e. The monoisotopic (exact) mass is 478 g/mol. The molecule has 0 unspecified atom stereocenters. The second-order valence-corrected chi connectivity index (χ2v) is 13.3. The summed E-state index contributed by atoms with van der Waals surface area (Å²) in [6.07, 6.45) is 0. The zero-order chi connectivity index (χ0) is 24.0. The molecule has 0 N–H and O–H groups in total. The standard InChI is InChI=1S/C28H34O5Si/c1-5-34(6-2,7-3)33-19-23-16-27-28(32-20-31-27)17-24(23)22-13-14-25(26(15-22)29-4)30-18-21-11-9-8-10-12-21/h8-17H,5-7,18-20H2,1-4H3. The summed E-state index contributed by atoms with van der Waals surface area (Å²) in [7, 11) is -0.0676. The molecule has 180 valence electrons. The number of hydrogen-bond acceptors (Lipinski definition) is 5. The molecule has 0 amide bonds. The molecule has 1 heterocycles. The van der Waals surface area contributed by atoms with E-state index in [0.29, 0.717) is 24.7 Å². The molecule has 0 saturated heterocycles. The van der Waals surface area contributed by atoms with Gasteiger partial charge in [0.1, 0.15) is 6.61 Å². The maximum absolute atomic E-state index is 6.64. The Morgan fingerprint density at radius 3 is 2.18 bits per heavy atom. The fourth-order valence-electron chi connectivity index (χ4n) is 4.35.